The first-order chi connectivity index (χ1) is 7.73. The molecule has 1 aromatic carbocycles. The number of rotatable bonds is 3. The van der Waals surface area contributed by atoms with Crippen molar-refractivity contribution in [2.24, 2.45) is 0 Å². The van der Waals surface area contributed by atoms with Crippen LogP contribution in [0.2, 0.25) is 0 Å². The zero-order chi connectivity index (χ0) is 13.1. The Morgan fingerprint density at radius 2 is 1.65 bits per heavy atom. The van der Waals surface area contributed by atoms with Crippen molar-refractivity contribution in [3.63, 3.8) is 0 Å². The molecule has 1 aromatic rings. The molecule has 0 bridgehead atoms. The summed E-state index contributed by atoms with van der Waals surface area (Å²) >= 11 is 0. The molecule has 0 unspecified atom stereocenters. The molecule has 7 nitrogen and oxygen atoms in total. The maximum atomic E-state index is 11.0. The van der Waals surface area contributed by atoms with Gasteiger partial charge in [0.1, 0.15) is 0 Å². The summed E-state index contributed by atoms with van der Waals surface area (Å²) in [6, 6.07) is 7.94. The Labute approximate surface area is 97.9 Å². The highest BCUT2D eigenvalue weighted by molar-refractivity contribution is 8.27. The van der Waals surface area contributed by atoms with Crippen LogP contribution in [-0.2, 0) is 31.0 Å². The van der Waals surface area contributed by atoms with Crippen LogP contribution >= 0.6 is 0 Å². The van der Waals surface area contributed by atoms with Crippen molar-refractivity contribution in [1.29, 1.82) is 0 Å². The monoisotopic (exact) mass is 280 g/mol. The van der Waals surface area contributed by atoms with Gasteiger partial charge < -0.3 is 0 Å². The maximum absolute atomic E-state index is 11.0. The van der Waals surface area contributed by atoms with Crippen molar-refractivity contribution < 1.29 is 30.4 Å². The second-order valence-corrected chi connectivity index (χ2v) is 6.02. The molecular weight excluding hydrogens is 272 g/mol. The minimum absolute atomic E-state index is 0.430. The number of hydrogen-bond acceptors (Lipinski definition) is 6. The van der Waals surface area contributed by atoms with Crippen molar-refractivity contribution in [3.05, 3.63) is 35.9 Å². The average molecular weight is 280 g/mol. The van der Waals surface area contributed by atoms with Gasteiger partial charge in [0.15, 0.2) is 0 Å². The molecule has 0 heterocycles. The smallest absolute Gasteiger partial charge is 0.279 e. The summed E-state index contributed by atoms with van der Waals surface area (Å²) in [5, 5.41) is 0. The molecular formula is C8H8O7S2. The second-order valence-electron chi connectivity index (χ2n) is 2.93. The summed E-state index contributed by atoms with van der Waals surface area (Å²) in [6.45, 7) is -0.496. The van der Waals surface area contributed by atoms with Crippen LogP contribution in [0.15, 0.2) is 30.3 Å². The van der Waals surface area contributed by atoms with Gasteiger partial charge in [0.05, 0.1) is 6.61 Å². The molecule has 0 aromatic heterocycles. The van der Waals surface area contributed by atoms with E-state index in [2.05, 4.69) is 4.18 Å². The highest BCUT2D eigenvalue weighted by Gasteiger charge is 2.35. The SMILES string of the molecule is O=C(S(=O)(=O)O)S(=O)(=O)OCc1ccccc1. The molecule has 17 heavy (non-hydrogen) atoms. The fourth-order valence-electron chi connectivity index (χ4n) is 0.897. The van der Waals surface area contributed by atoms with Gasteiger partial charge in [-0.05, 0) is 5.56 Å². The van der Waals surface area contributed by atoms with Gasteiger partial charge in [-0.3, -0.25) is 13.5 Å². The molecule has 1 rings (SSSR count). The lowest BCUT2D eigenvalue weighted by atomic mass is 10.2. The van der Waals surface area contributed by atoms with E-state index in [9.17, 15) is 21.6 Å². The third kappa shape index (κ3) is 3.89. The zero-order valence-corrected chi connectivity index (χ0v) is 9.94. The molecule has 1 N–H and O–H groups in total. The Hall–Kier alpha value is -1.29. The summed E-state index contributed by atoms with van der Waals surface area (Å²) in [5.41, 5.74) is 0.430. The summed E-state index contributed by atoms with van der Waals surface area (Å²) in [5.74, 6) is 0. The predicted octanol–water partition coefficient (Wildman–Crippen LogP) is 0.541. The Kier molecular flexibility index (Phi) is 3.98. The van der Waals surface area contributed by atoms with Gasteiger partial charge in [-0.1, -0.05) is 30.3 Å². The fourth-order valence-corrected chi connectivity index (χ4v) is 2.46. The lowest BCUT2D eigenvalue weighted by molar-refractivity contribution is 0.260. The van der Waals surface area contributed by atoms with E-state index in [4.69, 9.17) is 4.55 Å². The van der Waals surface area contributed by atoms with Crippen LogP contribution in [0.5, 0.6) is 0 Å². The van der Waals surface area contributed by atoms with Crippen molar-refractivity contribution in [2.45, 2.75) is 6.61 Å². The molecule has 0 fully saturated rings. The number of benzene rings is 1. The van der Waals surface area contributed by atoms with Crippen LogP contribution in [0.25, 0.3) is 0 Å². The topological polar surface area (TPSA) is 115 Å². The van der Waals surface area contributed by atoms with E-state index >= 15 is 0 Å². The number of hydrogen-bond donors (Lipinski definition) is 1. The van der Waals surface area contributed by atoms with Crippen LogP contribution in [-0.4, -0.2) is 25.8 Å². The number of carbonyl (C=O) groups is 1. The zero-order valence-electron chi connectivity index (χ0n) is 8.31. The molecule has 0 atom stereocenters. The van der Waals surface area contributed by atoms with Crippen LogP contribution in [0.3, 0.4) is 0 Å². The molecule has 9 heteroatoms. The van der Waals surface area contributed by atoms with Gasteiger partial charge >= 0.3 is 24.7 Å². The quantitative estimate of drug-likeness (QED) is 0.634. The number of carbonyl (C=O) groups excluding carboxylic acids is 1. The van der Waals surface area contributed by atoms with Crippen LogP contribution in [0.1, 0.15) is 5.56 Å². The normalized spacial score (nSPS) is 12.3. The Morgan fingerprint density at radius 3 is 2.12 bits per heavy atom. The maximum Gasteiger partial charge on any atom is 0.413 e. The van der Waals surface area contributed by atoms with Gasteiger partial charge in [-0.2, -0.15) is 16.8 Å². The third-order valence-electron chi connectivity index (χ3n) is 1.64. The first-order valence-electron chi connectivity index (χ1n) is 4.18. The lowest BCUT2D eigenvalue weighted by Crippen LogP contribution is -2.24. The molecule has 94 valence electrons. The summed E-state index contributed by atoms with van der Waals surface area (Å²) < 4.78 is 52.8. The highest BCUT2D eigenvalue weighted by atomic mass is 32.3. The van der Waals surface area contributed by atoms with Crippen LogP contribution in [0, 0.1) is 0 Å². The van der Waals surface area contributed by atoms with Gasteiger partial charge in [0, 0.05) is 0 Å². The fraction of sp³-hybridized carbons (Fsp3) is 0.125. The second kappa shape index (κ2) is 4.92. The van der Waals surface area contributed by atoms with Crippen molar-refractivity contribution >= 4 is 24.7 Å². The minimum Gasteiger partial charge on any atom is -0.279 e. The van der Waals surface area contributed by atoms with Crippen molar-refractivity contribution in [3.8, 4) is 0 Å². The summed E-state index contributed by atoms with van der Waals surface area (Å²) in [4.78, 5) is 10.8. The lowest BCUT2D eigenvalue weighted by Gasteiger charge is -2.02. The largest absolute Gasteiger partial charge is 0.413 e. The van der Waals surface area contributed by atoms with Gasteiger partial charge in [-0.15, -0.1) is 0 Å². The van der Waals surface area contributed by atoms with E-state index in [1.165, 1.54) is 12.1 Å². The molecule has 0 saturated heterocycles. The Balaban J connectivity index is 2.80. The highest BCUT2D eigenvalue weighted by Crippen LogP contribution is 2.08. The molecule has 0 aliphatic carbocycles. The van der Waals surface area contributed by atoms with Crippen LogP contribution in [0.4, 0.5) is 4.79 Å². The van der Waals surface area contributed by atoms with E-state index in [0.29, 0.717) is 5.56 Å². The van der Waals surface area contributed by atoms with Crippen molar-refractivity contribution in [1.82, 2.24) is 0 Å². The van der Waals surface area contributed by atoms with Gasteiger partial charge in [-0.25, -0.2) is 0 Å². The Bertz CT molecular complexity index is 601. The first kappa shape index (κ1) is 13.8. The molecule has 0 amide bonds. The van der Waals surface area contributed by atoms with Gasteiger partial charge in [0.2, 0.25) is 0 Å². The van der Waals surface area contributed by atoms with E-state index in [-0.39, 0.29) is 0 Å². The summed E-state index contributed by atoms with van der Waals surface area (Å²) in [7, 11) is -10.3. The van der Waals surface area contributed by atoms with E-state index < -0.39 is 31.3 Å². The molecule has 0 aliphatic heterocycles. The molecule has 0 aliphatic rings. The molecule has 0 saturated carbocycles. The minimum atomic E-state index is -5.32. The predicted molar refractivity (Wildman–Crippen MR) is 57.1 cm³/mol. The van der Waals surface area contributed by atoms with Crippen LogP contribution < -0.4 is 0 Å². The Morgan fingerprint density at radius 1 is 1.12 bits per heavy atom. The summed E-state index contributed by atoms with van der Waals surface area (Å²) in [6.07, 6.45) is 0. The van der Waals surface area contributed by atoms with E-state index in [1.54, 1.807) is 18.2 Å². The average Bonchev–Trinajstić information content (AvgIpc) is 2.26. The van der Waals surface area contributed by atoms with E-state index in [1.807, 2.05) is 0 Å². The molecule has 0 radical (unpaired) electrons. The third-order valence-corrected chi connectivity index (χ3v) is 4.14. The van der Waals surface area contributed by atoms with E-state index in [0.717, 1.165) is 0 Å². The standard InChI is InChI=1S/C8H8O7S2/c9-8(16(10,11)12)17(13,14)15-6-7-4-2-1-3-5-7/h1-5H,6H2,(H,10,11,12). The first-order valence-corrected chi connectivity index (χ1v) is 7.03. The van der Waals surface area contributed by atoms with Gasteiger partial charge in [0.25, 0.3) is 0 Å². The van der Waals surface area contributed by atoms with Crippen molar-refractivity contribution in [2.75, 3.05) is 0 Å². The molecule has 0 spiro atoms.